The molecular formula is C23H22N4OS2. The second-order valence-corrected chi connectivity index (χ2v) is 9.49. The molecule has 5 nitrogen and oxygen atoms in total. The van der Waals surface area contributed by atoms with E-state index in [1.807, 2.05) is 42.5 Å². The number of amides is 1. The number of nitrogens with one attached hydrogen (secondary N) is 1. The predicted octanol–water partition coefficient (Wildman–Crippen LogP) is 5.37. The van der Waals surface area contributed by atoms with Crippen LogP contribution in [0.2, 0.25) is 0 Å². The molecule has 4 aromatic rings. The number of carbonyl (C=O) groups is 1. The van der Waals surface area contributed by atoms with Crippen molar-refractivity contribution in [3.8, 4) is 11.3 Å². The van der Waals surface area contributed by atoms with Gasteiger partial charge in [-0.2, -0.15) is 0 Å². The molecule has 1 N–H and O–H groups in total. The number of hydrogen-bond donors (Lipinski definition) is 1. The van der Waals surface area contributed by atoms with Crippen LogP contribution in [0.3, 0.4) is 0 Å². The molecule has 0 aliphatic carbocycles. The van der Waals surface area contributed by atoms with Crippen LogP contribution in [0.25, 0.3) is 21.5 Å². The molecular weight excluding hydrogens is 412 g/mol. The van der Waals surface area contributed by atoms with Crippen molar-refractivity contribution < 1.29 is 4.79 Å². The summed E-state index contributed by atoms with van der Waals surface area (Å²) in [5, 5.41) is 4.07. The summed E-state index contributed by atoms with van der Waals surface area (Å²) in [6.45, 7) is 1.05. The van der Waals surface area contributed by atoms with E-state index in [4.69, 9.17) is 4.98 Å². The molecule has 0 atom stereocenters. The molecule has 0 spiro atoms. The summed E-state index contributed by atoms with van der Waals surface area (Å²) in [5.74, 6) is 2.31. The van der Waals surface area contributed by atoms with Crippen LogP contribution >= 0.6 is 23.1 Å². The second-order valence-electron chi connectivity index (χ2n) is 7.39. The predicted molar refractivity (Wildman–Crippen MR) is 125 cm³/mol. The maximum absolute atomic E-state index is 12.4. The molecule has 0 saturated carbocycles. The number of thioether (sulfide) groups is 1. The van der Waals surface area contributed by atoms with Gasteiger partial charge in [0.15, 0.2) is 0 Å². The van der Waals surface area contributed by atoms with Crippen LogP contribution < -0.4 is 5.32 Å². The molecule has 3 heterocycles. The van der Waals surface area contributed by atoms with Gasteiger partial charge in [0.2, 0.25) is 5.91 Å². The fraction of sp³-hybridized carbons (Fsp3) is 0.261. The Hall–Kier alpha value is -2.64. The van der Waals surface area contributed by atoms with E-state index >= 15 is 0 Å². The molecule has 0 fully saturated rings. The zero-order valence-corrected chi connectivity index (χ0v) is 18.1. The smallest absolute Gasteiger partial charge is 0.234 e. The number of para-hydroxylation sites is 1. The Kier molecular flexibility index (Phi) is 5.55. The van der Waals surface area contributed by atoms with Gasteiger partial charge in [0.25, 0.3) is 0 Å². The molecule has 0 saturated heterocycles. The largest absolute Gasteiger partial charge is 0.334 e. The standard InChI is InChI=1S/C23H22N4OS2/c28-22(14-29-15-23-26-18-8-1-2-9-20(18)30-23)24-17-7-5-6-16(12-17)19-13-27-11-4-3-10-21(27)25-19/h1-2,5-9,12-13H,3-4,10-11,14-15H2,(H,24,28). The first-order chi connectivity index (χ1) is 14.7. The lowest BCUT2D eigenvalue weighted by molar-refractivity contribution is -0.113. The molecule has 5 rings (SSSR count). The van der Waals surface area contributed by atoms with E-state index in [9.17, 15) is 4.79 Å². The molecule has 7 heteroatoms. The number of nitrogens with zero attached hydrogens (tertiary/aromatic N) is 3. The fourth-order valence-corrected chi connectivity index (χ4v) is 5.56. The van der Waals surface area contributed by atoms with Gasteiger partial charge in [-0.15, -0.1) is 23.1 Å². The average molecular weight is 435 g/mol. The Labute approximate surface area is 183 Å². The number of thiazole rings is 1. The number of hydrogen-bond acceptors (Lipinski definition) is 5. The van der Waals surface area contributed by atoms with E-state index in [1.54, 1.807) is 23.1 Å². The Morgan fingerprint density at radius 2 is 2.07 bits per heavy atom. The second kappa shape index (κ2) is 8.62. The Bertz CT molecular complexity index is 1140. The Balaban J connectivity index is 1.19. The van der Waals surface area contributed by atoms with Crippen LogP contribution in [0.4, 0.5) is 5.69 Å². The van der Waals surface area contributed by atoms with Crippen molar-refractivity contribution in [1.82, 2.24) is 14.5 Å². The first-order valence-electron chi connectivity index (χ1n) is 10.1. The lowest BCUT2D eigenvalue weighted by Crippen LogP contribution is -2.14. The monoisotopic (exact) mass is 434 g/mol. The normalized spacial score (nSPS) is 13.3. The number of fused-ring (bicyclic) bond motifs is 2. The van der Waals surface area contributed by atoms with E-state index in [1.165, 1.54) is 17.5 Å². The molecule has 2 aromatic heterocycles. The summed E-state index contributed by atoms with van der Waals surface area (Å²) in [4.78, 5) is 21.8. The number of imidazole rings is 1. The van der Waals surface area contributed by atoms with Crippen molar-refractivity contribution in [2.45, 2.75) is 31.6 Å². The highest BCUT2D eigenvalue weighted by Gasteiger charge is 2.14. The summed E-state index contributed by atoms with van der Waals surface area (Å²) < 4.78 is 3.44. The highest BCUT2D eigenvalue weighted by Crippen LogP contribution is 2.26. The van der Waals surface area contributed by atoms with E-state index in [2.05, 4.69) is 27.1 Å². The van der Waals surface area contributed by atoms with Gasteiger partial charge in [0.05, 0.1) is 21.7 Å². The van der Waals surface area contributed by atoms with Crippen LogP contribution in [0.5, 0.6) is 0 Å². The third-order valence-corrected chi connectivity index (χ3v) is 7.31. The van der Waals surface area contributed by atoms with Gasteiger partial charge < -0.3 is 9.88 Å². The van der Waals surface area contributed by atoms with E-state index in [0.717, 1.165) is 52.0 Å². The third-order valence-electron chi connectivity index (χ3n) is 5.15. The van der Waals surface area contributed by atoms with E-state index in [0.29, 0.717) is 5.75 Å². The van der Waals surface area contributed by atoms with E-state index in [-0.39, 0.29) is 5.91 Å². The number of carbonyl (C=O) groups excluding carboxylic acids is 1. The first kappa shape index (κ1) is 19.3. The molecule has 2 aromatic carbocycles. The summed E-state index contributed by atoms with van der Waals surface area (Å²) in [7, 11) is 0. The highest BCUT2D eigenvalue weighted by molar-refractivity contribution is 7.99. The van der Waals surface area contributed by atoms with Crippen LogP contribution in [-0.2, 0) is 23.5 Å². The van der Waals surface area contributed by atoms with Crippen LogP contribution in [-0.4, -0.2) is 26.2 Å². The molecule has 0 bridgehead atoms. The van der Waals surface area contributed by atoms with Crippen molar-refractivity contribution in [1.29, 1.82) is 0 Å². The van der Waals surface area contributed by atoms with Gasteiger partial charge in [-0.25, -0.2) is 9.97 Å². The van der Waals surface area contributed by atoms with Crippen LogP contribution in [0.15, 0.2) is 54.7 Å². The third kappa shape index (κ3) is 4.27. The molecule has 30 heavy (non-hydrogen) atoms. The number of benzene rings is 2. The topological polar surface area (TPSA) is 59.8 Å². The van der Waals surface area contributed by atoms with Crippen molar-refractivity contribution in [2.24, 2.45) is 0 Å². The fourth-order valence-electron chi connectivity index (χ4n) is 3.72. The van der Waals surface area contributed by atoms with Gasteiger partial charge >= 0.3 is 0 Å². The maximum atomic E-state index is 12.4. The molecule has 0 unspecified atom stereocenters. The molecule has 152 valence electrons. The zero-order valence-electron chi connectivity index (χ0n) is 16.5. The van der Waals surface area contributed by atoms with Crippen LogP contribution in [0.1, 0.15) is 23.7 Å². The van der Waals surface area contributed by atoms with Gasteiger partial charge in [-0.3, -0.25) is 4.79 Å². The van der Waals surface area contributed by atoms with Crippen LogP contribution in [0, 0.1) is 0 Å². The zero-order chi connectivity index (χ0) is 20.3. The van der Waals surface area contributed by atoms with Crippen molar-refractivity contribution in [3.05, 3.63) is 65.6 Å². The van der Waals surface area contributed by atoms with Gasteiger partial charge in [0.1, 0.15) is 10.8 Å². The van der Waals surface area contributed by atoms with Crippen molar-refractivity contribution >= 4 is 44.9 Å². The molecule has 0 radical (unpaired) electrons. The van der Waals surface area contributed by atoms with Crippen molar-refractivity contribution in [2.75, 3.05) is 11.1 Å². The summed E-state index contributed by atoms with van der Waals surface area (Å²) >= 11 is 3.28. The Morgan fingerprint density at radius 1 is 1.13 bits per heavy atom. The number of aryl methyl sites for hydroxylation is 2. The van der Waals surface area contributed by atoms with E-state index < -0.39 is 0 Å². The summed E-state index contributed by atoms with van der Waals surface area (Å²) in [6, 6.07) is 16.1. The minimum atomic E-state index is 0.00222. The highest BCUT2D eigenvalue weighted by atomic mass is 32.2. The quantitative estimate of drug-likeness (QED) is 0.443. The lowest BCUT2D eigenvalue weighted by atomic mass is 10.1. The SMILES string of the molecule is O=C(CSCc1nc2ccccc2s1)Nc1cccc(-c2cn3c(n2)CCCC3)c1. The van der Waals surface area contributed by atoms with Crippen molar-refractivity contribution in [3.63, 3.8) is 0 Å². The maximum Gasteiger partial charge on any atom is 0.234 e. The number of aromatic nitrogens is 3. The first-order valence-corrected chi connectivity index (χ1v) is 12.1. The van der Waals surface area contributed by atoms with Gasteiger partial charge in [-0.05, 0) is 37.1 Å². The molecule has 1 aliphatic rings. The number of anilines is 1. The molecule has 1 amide bonds. The Morgan fingerprint density at radius 3 is 2.97 bits per heavy atom. The van der Waals surface area contributed by atoms with Gasteiger partial charge in [0, 0.05) is 36.2 Å². The minimum absolute atomic E-state index is 0.00222. The molecule has 1 aliphatic heterocycles. The average Bonchev–Trinajstić information content (AvgIpc) is 3.37. The summed E-state index contributed by atoms with van der Waals surface area (Å²) in [6.07, 6.45) is 5.60. The minimum Gasteiger partial charge on any atom is -0.334 e. The number of rotatable bonds is 6. The lowest BCUT2D eigenvalue weighted by Gasteiger charge is -2.11. The van der Waals surface area contributed by atoms with Gasteiger partial charge in [-0.1, -0.05) is 24.3 Å². The summed E-state index contributed by atoms with van der Waals surface area (Å²) in [5.41, 5.74) is 3.86.